The van der Waals surface area contributed by atoms with Crippen molar-refractivity contribution in [3.8, 4) is 0 Å². The minimum Gasteiger partial charge on any atom is -0.391 e. The number of aliphatic hydroxyl groups is 1. The molecule has 1 saturated heterocycles. The third-order valence-corrected chi connectivity index (χ3v) is 6.14. The Hall–Kier alpha value is -2.50. The first-order chi connectivity index (χ1) is 15.8. The van der Waals surface area contributed by atoms with Gasteiger partial charge in [-0.1, -0.05) is 91.0 Å². The number of piperazine rings is 1. The number of ether oxygens (including phenoxy) is 1. The van der Waals surface area contributed by atoms with Crippen molar-refractivity contribution in [2.45, 2.75) is 18.6 Å². The van der Waals surface area contributed by atoms with Gasteiger partial charge in [0, 0.05) is 39.3 Å². The Labute approximate surface area is 192 Å². The van der Waals surface area contributed by atoms with Crippen molar-refractivity contribution in [3.05, 3.63) is 108 Å². The number of benzene rings is 3. The van der Waals surface area contributed by atoms with Gasteiger partial charge in [0.15, 0.2) is 0 Å². The van der Waals surface area contributed by atoms with E-state index in [1.165, 1.54) is 16.7 Å². The average molecular weight is 431 g/mol. The maximum Gasteiger partial charge on any atom is 0.108 e. The van der Waals surface area contributed by atoms with Gasteiger partial charge in [0.2, 0.25) is 0 Å². The summed E-state index contributed by atoms with van der Waals surface area (Å²) in [6, 6.07) is 31.2. The molecule has 0 saturated carbocycles. The van der Waals surface area contributed by atoms with E-state index >= 15 is 0 Å². The van der Waals surface area contributed by atoms with Crippen molar-refractivity contribution >= 4 is 0 Å². The van der Waals surface area contributed by atoms with Crippen LogP contribution in [0.1, 0.15) is 22.8 Å². The van der Waals surface area contributed by atoms with E-state index in [9.17, 15) is 5.11 Å². The summed E-state index contributed by atoms with van der Waals surface area (Å²) in [7, 11) is 0. The van der Waals surface area contributed by atoms with Crippen LogP contribution >= 0.6 is 0 Å². The van der Waals surface area contributed by atoms with Crippen molar-refractivity contribution in [2.24, 2.45) is 0 Å². The van der Waals surface area contributed by atoms with Crippen LogP contribution < -0.4 is 0 Å². The van der Waals surface area contributed by atoms with Gasteiger partial charge in [-0.05, 0) is 23.1 Å². The third kappa shape index (κ3) is 6.75. The zero-order valence-electron chi connectivity index (χ0n) is 18.7. The fourth-order valence-electron chi connectivity index (χ4n) is 4.38. The molecule has 0 bridgehead atoms. The molecule has 168 valence electrons. The molecule has 4 heteroatoms. The molecule has 1 heterocycles. The van der Waals surface area contributed by atoms with Crippen LogP contribution in [0.5, 0.6) is 0 Å². The van der Waals surface area contributed by atoms with Crippen molar-refractivity contribution in [3.63, 3.8) is 0 Å². The van der Waals surface area contributed by atoms with Gasteiger partial charge < -0.3 is 9.84 Å². The van der Waals surface area contributed by atoms with Gasteiger partial charge >= 0.3 is 0 Å². The molecule has 0 spiro atoms. The summed E-state index contributed by atoms with van der Waals surface area (Å²) in [6.07, 6.45) is 0.367. The number of hydrogen-bond donors (Lipinski definition) is 1. The average Bonchev–Trinajstić information content (AvgIpc) is 2.84. The number of aliphatic hydroxyl groups excluding tert-OH is 1. The van der Waals surface area contributed by atoms with Crippen LogP contribution in [0, 0.1) is 0 Å². The fraction of sp³-hybridized carbons (Fsp3) is 0.357. The Kier molecular flexibility index (Phi) is 8.46. The van der Waals surface area contributed by atoms with Crippen molar-refractivity contribution < 1.29 is 9.84 Å². The molecule has 1 fully saturated rings. The molecule has 0 amide bonds. The number of hydrogen-bond acceptors (Lipinski definition) is 4. The van der Waals surface area contributed by atoms with Gasteiger partial charge in [-0.3, -0.25) is 9.80 Å². The summed E-state index contributed by atoms with van der Waals surface area (Å²) >= 11 is 0. The minimum absolute atomic E-state index is 0.0353. The lowest BCUT2D eigenvalue weighted by Crippen LogP contribution is -2.49. The second-order valence-electron chi connectivity index (χ2n) is 8.56. The van der Waals surface area contributed by atoms with Gasteiger partial charge in [0.25, 0.3) is 0 Å². The molecular formula is C28H34N2O2. The number of rotatable bonds is 10. The minimum atomic E-state index is -0.315. The van der Waals surface area contributed by atoms with Gasteiger partial charge in [-0.25, -0.2) is 0 Å². The Morgan fingerprint density at radius 2 is 1.19 bits per heavy atom. The fourth-order valence-corrected chi connectivity index (χ4v) is 4.38. The molecule has 3 aromatic rings. The maximum atomic E-state index is 10.5. The Morgan fingerprint density at radius 3 is 1.75 bits per heavy atom. The Balaban J connectivity index is 1.21. The predicted molar refractivity (Wildman–Crippen MR) is 130 cm³/mol. The molecule has 4 nitrogen and oxygen atoms in total. The maximum absolute atomic E-state index is 10.5. The smallest absolute Gasteiger partial charge is 0.108 e. The van der Waals surface area contributed by atoms with E-state index in [2.05, 4.69) is 70.5 Å². The highest BCUT2D eigenvalue weighted by Crippen LogP contribution is 2.25. The predicted octanol–water partition coefficient (Wildman–Crippen LogP) is 4.01. The van der Waals surface area contributed by atoms with Gasteiger partial charge in [-0.2, -0.15) is 0 Å². The van der Waals surface area contributed by atoms with E-state index in [1.807, 2.05) is 30.3 Å². The van der Waals surface area contributed by atoms with Crippen molar-refractivity contribution in [2.75, 3.05) is 45.9 Å². The molecular weight excluding hydrogens is 396 g/mol. The van der Waals surface area contributed by atoms with Crippen molar-refractivity contribution in [1.82, 2.24) is 9.80 Å². The zero-order chi connectivity index (χ0) is 22.0. The number of β-amino-alcohol motifs (C(OH)–C–C–N with tert-alkyl or cyclic N) is 1. The molecule has 0 aromatic heterocycles. The molecule has 1 aliphatic rings. The summed E-state index contributed by atoms with van der Waals surface area (Å²) in [4.78, 5) is 4.84. The monoisotopic (exact) mass is 430 g/mol. The van der Waals surface area contributed by atoms with E-state index in [1.54, 1.807) is 0 Å². The van der Waals surface area contributed by atoms with Crippen LogP contribution in [0.25, 0.3) is 0 Å². The van der Waals surface area contributed by atoms with Crippen LogP contribution in [0.2, 0.25) is 0 Å². The Morgan fingerprint density at radius 1 is 0.688 bits per heavy atom. The highest BCUT2D eigenvalue weighted by Gasteiger charge is 2.20. The lowest BCUT2D eigenvalue weighted by Gasteiger charge is -2.35. The normalized spacial score (nSPS) is 16.3. The first-order valence-corrected chi connectivity index (χ1v) is 11.7. The molecule has 1 aliphatic heterocycles. The molecule has 0 radical (unpaired) electrons. The SMILES string of the molecule is O[C@@H](Cc1ccccc1)CN1CCN(CCOC(c2ccccc2)c2ccccc2)CC1. The van der Waals surface area contributed by atoms with E-state index in [4.69, 9.17) is 4.74 Å². The Bertz CT molecular complexity index is 857. The first-order valence-electron chi connectivity index (χ1n) is 11.7. The topological polar surface area (TPSA) is 35.9 Å². The molecule has 1 atom stereocenters. The van der Waals surface area contributed by atoms with Crippen LogP contribution in [0.3, 0.4) is 0 Å². The second kappa shape index (κ2) is 11.9. The molecule has 3 aromatic carbocycles. The summed E-state index contributed by atoms with van der Waals surface area (Å²) in [6.45, 7) is 6.38. The van der Waals surface area contributed by atoms with Crippen LogP contribution in [-0.2, 0) is 11.2 Å². The molecule has 1 N–H and O–H groups in total. The lowest BCUT2D eigenvalue weighted by atomic mass is 10.0. The van der Waals surface area contributed by atoms with Crippen LogP contribution in [-0.4, -0.2) is 66.9 Å². The summed E-state index contributed by atoms with van der Waals surface area (Å²) < 4.78 is 6.38. The van der Waals surface area contributed by atoms with Gasteiger partial charge in [-0.15, -0.1) is 0 Å². The second-order valence-corrected chi connectivity index (χ2v) is 8.56. The third-order valence-electron chi connectivity index (χ3n) is 6.14. The summed E-state index contributed by atoms with van der Waals surface area (Å²) in [5, 5.41) is 10.5. The van der Waals surface area contributed by atoms with Gasteiger partial charge in [0.1, 0.15) is 6.10 Å². The molecule has 0 aliphatic carbocycles. The molecule has 4 rings (SSSR count). The highest BCUT2D eigenvalue weighted by atomic mass is 16.5. The van der Waals surface area contributed by atoms with E-state index < -0.39 is 0 Å². The van der Waals surface area contributed by atoms with Crippen molar-refractivity contribution in [1.29, 1.82) is 0 Å². The summed E-state index contributed by atoms with van der Waals surface area (Å²) in [5.41, 5.74) is 3.58. The lowest BCUT2D eigenvalue weighted by molar-refractivity contribution is 0.0353. The summed E-state index contributed by atoms with van der Waals surface area (Å²) in [5.74, 6) is 0. The quantitative estimate of drug-likeness (QED) is 0.527. The van der Waals surface area contributed by atoms with Gasteiger partial charge in [0.05, 0.1) is 12.7 Å². The molecule has 32 heavy (non-hydrogen) atoms. The highest BCUT2D eigenvalue weighted by molar-refractivity contribution is 5.29. The largest absolute Gasteiger partial charge is 0.391 e. The van der Waals surface area contributed by atoms with E-state index in [0.29, 0.717) is 6.61 Å². The standard InChI is InChI=1S/C28H34N2O2/c31-27(22-24-10-4-1-5-11-24)23-30-18-16-29(17-19-30)20-21-32-28(25-12-6-2-7-13-25)26-14-8-3-9-15-26/h1-15,27-28,31H,16-23H2/t27-/m0/s1. The van der Waals surface area contributed by atoms with Crippen LogP contribution in [0.4, 0.5) is 0 Å². The molecule has 0 unspecified atom stereocenters. The van der Waals surface area contributed by atoms with Crippen LogP contribution in [0.15, 0.2) is 91.0 Å². The van der Waals surface area contributed by atoms with E-state index in [0.717, 1.165) is 45.7 Å². The van der Waals surface area contributed by atoms with E-state index in [-0.39, 0.29) is 12.2 Å². The zero-order valence-corrected chi connectivity index (χ0v) is 18.7. The first kappa shape index (κ1) is 22.7. The number of nitrogens with zero attached hydrogens (tertiary/aromatic N) is 2.